The van der Waals surface area contributed by atoms with Gasteiger partial charge in [-0.15, -0.1) is 0 Å². The topological polar surface area (TPSA) is 38.5 Å². The highest BCUT2D eigenvalue weighted by Crippen LogP contribution is 2.25. The van der Waals surface area contributed by atoms with Crippen LogP contribution < -0.4 is 10.5 Å². The van der Waals surface area contributed by atoms with Crippen LogP contribution in [0, 0.1) is 13.8 Å². The van der Waals surface area contributed by atoms with Gasteiger partial charge in [0.05, 0.1) is 7.11 Å². The third-order valence-electron chi connectivity index (χ3n) is 2.97. The molecule has 2 N–H and O–H groups in total. The van der Waals surface area contributed by atoms with Crippen molar-refractivity contribution in [2.45, 2.75) is 20.3 Å². The Morgan fingerprint density at radius 2 is 1.94 bits per heavy atom. The molecule has 0 amide bonds. The number of rotatable bonds is 6. The molecule has 0 saturated heterocycles. The van der Waals surface area contributed by atoms with Crippen molar-refractivity contribution in [1.82, 2.24) is 4.90 Å². The van der Waals surface area contributed by atoms with Gasteiger partial charge in [-0.2, -0.15) is 0 Å². The van der Waals surface area contributed by atoms with Crippen molar-refractivity contribution in [3.8, 4) is 5.75 Å². The largest absolute Gasteiger partial charge is 0.496 e. The second-order valence-corrected chi connectivity index (χ2v) is 4.62. The molecule has 0 heterocycles. The molecule has 3 heteroatoms. The highest BCUT2D eigenvalue weighted by Gasteiger charge is 2.08. The van der Waals surface area contributed by atoms with E-state index in [1.54, 1.807) is 7.11 Å². The number of hydrogen-bond donors (Lipinski definition) is 1. The smallest absolute Gasteiger partial charge is 0.125 e. The van der Waals surface area contributed by atoms with Gasteiger partial charge in [0.15, 0.2) is 0 Å². The molecule has 0 spiro atoms. The summed E-state index contributed by atoms with van der Waals surface area (Å²) in [5, 5.41) is 0. The molecular weight excluding hydrogens is 212 g/mol. The maximum atomic E-state index is 5.54. The van der Waals surface area contributed by atoms with Gasteiger partial charge in [-0.1, -0.05) is 17.7 Å². The van der Waals surface area contributed by atoms with Crippen molar-refractivity contribution in [1.29, 1.82) is 0 Å². The van der Waals surface area contributed by atoms with Crippen LogP contribution in [0.2, 0.25) is 0 Å². The Bertz CT molecular complexity index is 363. The van der Waals surface area contributed by atoms with Crippen LogP contribution in [-0.2, 0) is 6.42 Å². The Hall–Kier alpha value is -1.06. The number of ether oxygens (including phenoxy) is 1. The minimum Gasteiger partial charge on any atom is -0.496 e. The van der Waals surface area contributed by atoms with Gasteiger partial charge in [-0.25, -0.2) is 0 Å². The summed E-state index contributed by atoms with van der Waals surface area (Å²) in [4.78, 5) is 2.25. The summed E-state index contributed by atoms with van der Waals surface area (Å²) >= 11 is 0. The molecule has 1 aromatic carbocycles. The minimum atomic E-state index is 0.709. The Morgan fingerprint density at radius 1 is 1.24 bits per heavy atom. The van der Waals surface area contributed by atoms with Crippen LogP contribution in [0.15, 0.2) is 12.1 Å². The van der Waals surface area contributed by atoms with Gasteiger partial charge in [0.2, 0.25) is 0 Å². The third-order valence-corrected chi connectivity index (χ3v) is 2.97. The van der Waals surface area contributed by atoms with Gasteiger partial charge in [0, 0.05) is 19.6 Å². The van der Waals surface area contributed by atoms with E-state index in [-0.39, 0.29) is 0 Å². The van der Waals surface area contributed by atoms with E-state index < -0.39 is 0 Å². The summed E-state index contributed by atoms with van der Waals surface area (Å²) in [6.45, 7) is 6.88. The molecule has 0 radical (unpaired) electrons. The van der Waals surface area contributed by atoms with E-state index in [4.69, 9.17) is 10.5 Å². The highest BCUT2D eigenvalue weighted by molar-refractivity contribution is 5.43. The normalized spacial score (nSPS) is 10.9. The van der Waals surface area contributed by atoms with Crippen LogP contribution in [0.3, 0.4) is 0 Å². The van der Waals surface area contributed by atoms with Crippen LogP contribution >= 0.6 is 0 Å². The molecule has 96 valence electrons. The van der Waals surface area contributed by atoms with E-state index in [0.717, 1.165) is 25.3 Å². The van der Waals surface area contributed by atoms with E-state index >= 15 is 0 Å². The van der Waals surface area contributed by atoms with E-state index in [0.29, 0.717) is 6.54 Å². The van der Waals surface area contributed by atoms with Gasteiger partial charge >= 0.3 is 0 Å². The van der Waals surface area contributed by atoms with E-state index in [1.807, 2.05) is 0 Å². The first-order chi connectivity index (χ1) is 8.08. The van der Waals surface area contributed by atoms with Gasteiger partial charge in [-0.05, 0) is 38.4 Å². The lowest BCUT2D eigenvalue weighted by Gasteiger charge is -2.17. The molecule has 0 aliphatic rings. The summed E-state index contributed by atoms with van der Waals surface area (Å²) < 4.78 is 5.48. The molecular formula is C14H24N2O. The predicted octanol–water partition coefficient (Wildman–Crippen LogP) is 1.75. The molecule has 0 bridgehead atoms. The van der Waals surface area contributed by atoms with Crippen molar-refractivity contribution in [3.05, 3.63) is 28.8 Å². The first-order valence-corrected chi connectivity index (χ1v) is 6.11. The van der Waals surface area contributed by atoms with E-state index in [9.17, 15) is 0 Å². The number of nitrogens with two attached hydrogens (primary N) is 1. The maximum absolute atomic E-state index is 5.54. The van der Waals surface area contributed by atoms with E-state index in [2.05, 4.69) is 37.9 Å². The lowest BCUT2D eigenvalue weighted by Crippen LogP contribution is -2.27. The molecule has 0 fully saturated rings. The molecule has 0 unspecified atom stereocenters. The number of hydrogen-bond acceptors (Lipinski definition) is 3. The summed E-state index contributed by atoms with van der Waals surface area (Å²) in [6.07, 6.45) is 1.00. The molecule has 1 rings (SSSR count). The third kappa shape index (κ3) is 4.02. The standard InChI is InChI=1S/C14H24N2O/c1-11-9-12(2)14(17-4)13(10-11)5-7-16(3)8-6-15/h9-10H,5-8,15H2,1-4H3. The quantitative estimate of drug-likeness (QED) is 0.817. The summed E-state index contributed by atoms with van der Waals surface area (Å²) in [7, 11) is 3.84. The number of aryl methyl sites for hydroxylation is 2. The Labute approximate surface area is 105 Å². The zero-order valence-electron chi connectivity index (χ0n) is 11.4. The van der Waals surface area contributed by atoms with Crippen LogP contribution in [0.5, 0.6) is 5.75 Å². The second kappa shape index (κ2) is 6.62. The lowest BCUT2D eigenvalue weighted by atomic mass is 10.0. The zero-order valence-corrected chi connectivity index (χ0v) is 11.4. The second-order valence-electron chi connectivity index (χ2n) is 4.62. The average Bonchev–Trinajstić information content (AvgIpc) is 2.26. The van der Waals surface area contributed by atoms with Crippen LogP contribution in [0.1, 0.15) is 16.7 Å². The molecule has 0 aliphatic heterocycles. The first kappa shape index (κ1) is 14.0. The fourth-order valence-corrected chi connectivity index (χ4v) is 2.16. The Morgan fingerprint density at radius 3 is 2.53 bits per heavy atom. The fourth-order valence-electron chi connectivity index (χ4n) is 2.16. The number of benzene rings is 1. The van der Waals surface area contributed by atoms with Crippen molar-refractivity contribution in [2.24, 2.45) is 5.73 Å². The predicted molar refractivity (Wildman–Crippen MR) is 72.7 cm³/mol. The monoisotopic (exact) mass is 236 g/mol. The maximum Gasteiger partial charge on any atom is 0.125 e. The van der Waals surface area contributed by atoms with Gasteiger partial charge < -0.3 is 15.4 Å². The van der Waals surface area contributed by atoms with Crippen molar-refractivity contribution in [3.63, 3.8) is 0 Å². The zero-order chi connectivity index (χ0) is 12.8. The van der Waals surface area contributed by atoms with Crippen LogP contribution in [-0.4, -0.2) is 38.7 Å². The van der Waals surface area contributed by atoms with E-state index in [1.165, 1.54) is 16.7 Å². The molecule has 17 heavy (non-hydrogen) atoms. The van der Waals surface area contributed by atoms with Crippen molar-refractivity contribution >= 4 is 0 Å². The van der Waals surface area contributed by atoms with Gasteiger partial charge in [0.1, 0.15) is 5.75 Å². The van der Waals surface area contributed by atoms with Crippen molar-refractivity contribution in [2.75, 3.05) is 33.8 Å². The van der Waals surface area contributed by atoms with Crippen LogP contribution in [0.4, 0.5) is 0 Å². The highest BCUT2D eigenvalue weighted by atomic mass is 16.5. The Kier molecular flexibility index (Phi) is 5.45. The summed E-state index contributed by atoms with van der Waals surface area (Å²) in [6, 6.07) is 4.37. The lowest BCUT2D eigenvalue weighted by molar-refractivity contribution is 0.343. The van der Waals surface area contributed by atoms with Crippen LogP contribution in [0.25, 0.3) is 0 Å². The summed E-state index contributed by atoms with van der Waals surface area (Å²) in [5.41, 5.74) is 9.33. The van der Waals surface area contributed by atoms with Crippen molar-refractivity contribution < 1.29 is 4.74 Å². The Balaban J connectivity index is 2.75. The SMILES string of the molecule is COc1c(C)cc(C)cc1CCN(C)CCN. The van der Waals surface area contributed by atoms with Gasteiger partial charge in [0.25, 0.3) is 0 Å². The number of methoxy groups -OCH3 is 1. The molecule has 0 saturated carbocycles. The minimum absolute atomic E-state index is 0.709. The number of nitrogens with zero attached hydrogens (tertiary/aromatic N) is 1. The van der Waals surface area contributed by atoms with Gasteiger partial charge in [-0.3, -0.25) is 0 Å². The fraction of sp³-hybridized carbons (Fsp3) is 0.571. The molecule has 3 nitrogen and oxygen atoms in total. The first-order valence-electron chi connectivity index (χ1n) is 6.11. The molecule has 0 aromatic heterocycles. The molecule has 1 aromatic rings. The average molecular weight is 236 g/mol. The molecule has 0 aliphatic carbocycles. The molecule has 0 atom stereocenters. The summed E-state index contributed by atoms with van der Waals surface area (Å²) in [5.74, 6) is 1.02. The number of likely N-dealkylation sites (N-methyl/N-ethyl adjacent to an activating group) is 1.